The molecule has 0 saturated heterocycles. The zero-order chi connectivity index (χ0) is 16.4. The van der Waals surface area contributed by atoms with Crippen LogP contribution in [0.5, 0.6) is 0 Å². The molecule has 2 heteroatoms. The number of aromatic nitrogens is 1. The first-order chi connectivity index (χ1) is 11.6. The van der Waals surface area contributed by atoms with Crippen molar-refractivity contribution in [1.29, 1.82) is 0 Å². The van der Waals surface area contributed by atoms with Crippen LogP contribution in [0.3, 0.4) is 0 Å². The zero-order valence-corrected chi connectivity index (χ0v) is 14.1. The third kappa shape index (κ3) is 1.66. The van der Waals surface area contributed by atoms with E-state index in [1.54, 1.807) is 0 Å². The van der Waals surface area contributed by atoms with Crippen molar-refractivity contribution < 1.29 is 4.42 Å². The molecule has 0 fully saturated rings. The molecule has 0 N–H and O–H groups in total. The summed E-state index contributed by atoms with van der Waals surface area (Å²) in [7, 11) is 2.15. The van der Waals surface area contributed by atoms with E-state index in [4.69, 9.17) is 4.42 Å². The molecular formula is C22H19NO. The minimum atomic E-state index is 0.518. The number of para-hydroxylation sites is 1. The highest BCUT2D eigenvalue weighted by molar-refractivity contribution is 6.26. The van der Waals surface area contributed by atoms with Gasteiger partial charge in [0.1, 0.15) is 11.2 Å². The number of hydrogen-bond donors (Lipinski definition) is 0. The van der Waals surface area contributed by atoms with E-state index in [0.717, 1.165) is 11.2 Å². The molecule has 2 aromatic heterocycles. The Morgan fingerprint density at radius 3 is 2.42 bits per heavy atom. The van der Waals surface area contributed by atoms with Crippen molar-refractivity contribution >= 4 is 43.7 Å². The third-order valence-electron chi connectivity index (χ3n) is 5.20. The lowest BCUT2D eigenvalue weighted by Crippen LogP contribution is -1.88. The minimum Gasteiger partial charge on any atom is -0.456 e. The molecule has 0 unspecified atom stereocenters. The van der Waals surface area contributed by atoms with Gasteiger partial charge in [-0.15, -0.1) is 0 Å². The van der Waals surface area contributed by atoms with Crippen molar-refractivity contribution in [3.05, 3.63) is 60.2 Å². The van der Waals surface area contributed by atoms with Gasteiger partial charge < -0.3 is 8.98 Å². The van der Waals surface area contributed by atoms with Gasteiger partial charge >= 0.3 is 0 Å². The summed E-state index contributed by atoms with van der Waals surface area (Å²) in [6, 6.07) is 19.4. The molecule has 2 heterocycles. The Hall–Kier alpha value is -2.74. The maximum atomic E-state index is 6.09. The summed E-state index contributed by atoms with van der Waals surface area (Å²) in [5.74, 6) is 0.518. The summed E-state index contributed by atoms with van der Waals surface area (Å²) < 4.78 is 8.37. The van der Waals surface area contributed by atoms with Gasteiger partial charge in [0.05, 0.1) is 0 Å². The van der Waals surface area contributed by atoms with Crippen LogP contribution in [0.25, 0.3) is 43.7 Å². The van der Waals surface area contributed by atoms with Gasteiger partial charge in [0.25, 0.3) is 0 Å². The van der Waals surface area contributed by atoms with Crippen LogP contribution in [-0.4, -0.2) is 4.57 Å². The Balaban J connectivity index is 2.09. The summed E-state index contributed by atoms with van der Waals surface area (Å²) in [5.41, 5.74) is 5.82. The van der Waals surface area contributed by atoms with Crippen LogP contribution in [0, 0.1) is 0 Å². The first-order valence-electron chi connectivity index (χ1n) is 8.47. The highest BCUT2D eigenvalue weighted by Gasteiger charge is 2.16. The molecule has 0 amide bonds. The van der Waals surface area contributed by atoms with Crippen LogP contribution in [0.1, 0.15) is 25.3 Å². The van der Waals surface area contributed by atoms with Gasteiger partial charge in [0, 0.05) is 39.6 Å². The van der Waals surface area contributed by atoms with Crippen LogP contribution in [0.4, 0.5) is 0 Å². The van der Waals surface area contributed by atoms with Gasteiger partial charge in [-0.25, -0.2) is 0 Å². The molecule has 0 saturated carbocycles. The molecule has 5 rings (SSSR count). The summed E-state index contributed by atoms with van der Waals surface area (Å²) in [6.45, 7) is 4.49. The van der Waals surface area contributed by atoms with E-state index in [-0.39, 0.29) is 0 Å². The second-order valence-electron chi connectivity index (χ2n) is 6.92. The molecule has 0 spiro atoms. The van der Waals surface area contributed by atoms with E-state index in [1.807, 2.05) is 12.1 Å². The van der Waals surface area contributed by atoms with E-state index in [1.165, 1.54) is 38.1 Å². The lowest BCUT2D eigenvalue weighted by Gasteiger charge is -2.05. The number of nitrogens with zero attached hydrogens (tertiary/aromatic N) is 1. The number of benzene rings is 3. The summed E-state index contributed by atoms with van der Waals surface area (Å²) in [6.07, 6.45) is 0. The molecule has 0 atom stereocenters. The molecule has 0 aliphatic rings. The van der Waals surface area contributed by atoms with Crippen molar-refractivity contribution in [3.8, 4) is 0 Å². The van der Waals surface area contributed by atoms with Gasteiger partial charge in [-0.3, -0.25) is 0 Å². The van der Waals surface area contributed by atoms with E-state index >= 15 is 0 Å². The molecule has 5 aromatic rings. The lowest BCUT2D eigenvalue weighted by atomic mass is 9.99. The van der Waals surface area contributed by atoms with Gasteiger partial charge in [-0.1, -0.05) is 38.1 Å². The third-order valence-corrected chi connectivity index (χ3v) is 5.20. The highest BCUT2D eigenvalue weighted by Crippen LogP contribution is 2.40. The lowest BCUT2D eigenvalue weighted by molar-refractivity contribution is 0.669. The Bertz CT molecular complexity index is 1240. The first-order valence-corrected chi connectivity index (χ1v) is 8.47. The van der Waals surface area contributed by atoms with E-state index in [2.05, 4.69) is 67.9 Å². The average molecular weight is 313 g/mol. The van der Waals surface area contributed by atoms with E-state index in [0.29, 0.717) is 5.92 Å². The Morgan fingerprint density at radius 1 is 0.792 bits per heavy atom. The fourth-order valence-corrected chi connectivity index (χ4v) is 3.89. The van der Waals surface area contributed by atoms with Crippen LogP contribution >= 0.6 is 0 Å². The molecule has 0 aliphatic carbocycles. The molecule has 0 bridgehead atoms. The van der Waals surface area contributed by atoms with Crippen molar-refractivity contribution in [2.24, 2.45) is 7.05 Å². The van der Waals surface area contributed by atoms with Gasteiger partial charge in [-0.05, 0) is 41.8 Å². The highest BCUT2D eigenvalue weighted by atomic mass is 16.3. The monoisotopic (exact) mass is 313 g/mol. The topological polar surface area (TPSA) is 18.1 Å². The molecule has 24 heavy (non-hydrogen) atoms. The number of rotatable bonds is 1. The first kappa shape index (κ1) is 13.7. The SMILES string of the molecule is CC(C)c1ccc2c(c1)c1c3c(ccc1n2C)oc1ccccc13. The summed E-state index contributed by atoms with van der Waals surface area (Å²) >= 11 is 0. The number of hydrogen-bond acceptors (Lipinski definition) is 1. The summed E-state index contributed by atoms with van der Waals surface area (Å²) in [4.78, 5) is 0. The molecular weight excluding hydrogens is 294 g/mol. The van der Waals surface area contributed by atoms with E-state index in [9.17, 15) is 0 Å². The molecule has 2 nitrogen and oxygen atoms in total. The Morgan fingerprint density at radius 2 is 1.58 bits per heavy atom. The predicted molar refractivity (Wildman–Crippen MR) is 102 cm³/mol. The van der Waals surface area contributed by atoms with Crippen molar-refractivity contribution in [1.82, 2.24) is 4.57 Å². The zero-order valence-electron chi connectivity index (χ0n) is 14.1. The second kappa shape index (κ2) is 4.64. The largest absolute Gasteiger partial charge is 0.456 e. The fraction of sp³-hybridized carbons (Fsp3) is 0.182. The predicted octanol–water partition coefficient (Wildman–Crippen LogP) is 6.35. The van der Waals surface area contributed by atoms with Gasteiger partial charge in [-0.2, -0.15) is 0 Å². The molecule has 0 radical (unpaired) electrons. The van der Waals surface area contributed by atoms with Crippen LogP contribution in [0.15, 0.2) is 59.0 Å². The second-order valence-corrected chi connectivity index (χ2v) is 6.92. The smallest absolute Gasteiger partial charge is 0.136 e. The number of fused-ring (bicyclic) bond motifs is 7. The van der Waals surface area contributed by atoms with Crippen molar-refractivity contribution in [2.45, 2.75) is 19.8 Å². The van der Waals surface area contributed by atoms with E-state index < -0.39 is 0 Å². The Labute approximate surface area is 140 Å². The van der Waals surface area contributed by atoms with Crippen LogP contribution < -0.4 is 0 Å². The fourth-order valence-electron chi connectivity index (χ4n) is 3.89. The number of aryl methyl sites for hydroxylation is 1. The normalized spacial score (nSPS) is 12.3. The quantitative estimate of drug-likeness (QED) is 0.352. The van der Waals surface area contributed by atoms with Crippen LogP contribution in [0.2, 0.25) is 0 Å². The van der Waals surface area contributed by atoms with Crippen molar-refractivity contribution in [2.75, 3.05) is 0 Å². The van der Waals surface area contributed by atoms with Crippen LogP contribution in [-0.2, 0) is 7.05 Å². The summed E-state index contributed by atoms with van der Waals surface area (Å²) in [5, 5.41) is 5.04. The standard InChI is InChI=1S/C22H19NO/c1-13(2)14-8-9-17-16(12-14)21-18(23(17)3)10-11-20-22(21)15-6-4-5-7-19(15)24-20/h4-13H,1-3H3. The molecule has 3 aromatic carbocycles. The molecule has 0 aliphatic heterocycles. The maximum absolute atomic E-state index is 6.09. The maximum Gasteiger partial charge on any atom is 0.136 e. The van der Waals surface area contributed by atoms with Gasteiger partial charge in [0.2, 0.25) is 0 Å². The van der Waals surface area contributed by atoms with Gasteiger partial charge in [0.15, 0.2) is 0 Å². The number of furan rings is 1. The molecule has 118 valence electrons. The van der Waals surface area contributed by atoms with Crippen molar-refractivity contribution in [3.63, 3.8) is 0 Å². The average Bonchev–Trinajstić information content (AvgIpc) is 3.10. The Kier molecular flexibility index (Phi) is 2.64. The minimum absolute atomic E-state index is 0.518.